The van der Waals surface area contributed by atoms with Crippen molar-refractivity contribution in [1.29, 1.82) is 0 Å². The minimum absolute atomic E-state index is 0.836. The molecule has 2 heteroatoms. The number of rotatable bonds is 4. The zero-order valence-corrected chi connectivity index (χ0v) is 7.92. The highest BCUT2D eigenvalue weighted by Gasteiger charge is 1.94. The van der Waals surface area contributed by atoms with E-state index in [2.05, 4.69) is 0 Å². The van der Waals surface area contributed by atoms with Crippen LogP contribution in [0.3, 0.4) is 0 Å². The Morgan fingerprint density at radius 2 is 1.75 bits per heavy atom. The van der Waals surface area contributed by atoms with Crippen LogP contribution in [0.4, 0.5) is 0 Å². The molecule has 0 fully saturated rings. The average Bonchev–Trinajstić information content (AvgIpc) is 1.99. The number of allylic oxidation sites excluding steroid dienone is 3. The summed E-state index contributed by atoms with van der Waals surface area (Å²) in [7, 11) is 0. The lowest BCUT2D eigenvalue weighted by molar-refractivity contribution is -0.131. The van der Waals surface area contributed by atoms with Gasteiger partial charge in [0.15, 0.2) is 0 Å². The molecular weight excluding hydrogens is 152 g/mol. The summed E-state index contributed by atoms with van der Waals surface area (Å²) in [5.41, 5.74) is 2.22. The van der Waals surface area contributed by atoms with E-state index in [0.29, 0.717) is 0 Å². The number of hydrogen-bond acceptors (Lipinski definition) is 1. The van der Waals surface area contributed by atoms with Crippen LogP contribution in [0.15, 0.2) is 23.3 Å². The minimum Gasteiger partial charge on any atom is -0.478 e. The van der Waals surface area contributed by atoms with Crippen molar-refractivity contribution in [2.75, 3.05) is 0 Å². The number of carboxylic acid groups (broad SMARTS) is 1. The van der Waals surface area contributed by atoms with Crippen molar-refractivity contribution < 1.29 is 9.90 Å². The van der Waals surface area contributed by atoms with E-state index in [9.17, 15) is 4.79 Å². The highest BCUT2D eigenvalue weighted by Crippen LogP contribution is 2.09. The van der Waals surface area contributed by atoms with E-state index < -0.39 is 5.97 Å². The maximum absolute atomic E-state index is 10.2. The second-order valence-corrected chi connectivity index (χ2v) is 2.96. The van der Waals surface area contributed by atoms with Crippen LogP contribution in [0, 0.1) is 0 Å². The number of carbonyl (C=O) groups is 1. The highest BCUT2D eigenvalue weighted by atomic mass is 16.4. The molecule has 2 nitrogen and oxygen atoms in total. The van der Waals surface area contributed by atoms with E-state index in [1.807, 2.05) is 26.8 Å². The van der Waals surface area contributed by atoms with E-state index >= 15 is 0 Å². The summed E-state index contributed by atoms with van der Waals surface area (Å²) in [4.78, 5) is 10.2. The van der Waals surface area contributed by atoms with Crippen LogP contribution in [-0.2, 0) is 4.79 Å². The summed E-state index contributed by atoms with van der Waals surface area (Å²) >= 11 is 0. The van der Waals surface area contributed by atoms with Gasteiger partial charge < -0.3 is 5.11 Å². The second kappa shape index (κ2) is 5.58. The van der Waals surface area contributed by atoms with Gasteiger partial charge in [0.1, 0.15) is 0 Å². The Morgan fingerprint density at radius 1 is 1.25 bits per heavy atom. The lowest BCUT2D eigenvalue weighted by Crippen LogP contribution is -1.90. The summed E-state index contributed by atoms with van der Waals surface area (Å²) in [6.07, 6.45) is 5.10. The summed E-state index contributed by atoms with van der Waals surface area (Å²) < 4.78 is 0. The van der Waals surface area contributed by atoms with Gasteiger partial charge in [-0.1, -0.05) is 17.2 Å². The Labute approximate surface area is 73.6 Å². The summed E-state index contributed by atoms with van der Waals surface area (Å²) in [6.45, 7) is 5.89. The Bertz CT molecular complexity index is 212. The summed E-state index contributed by atoms with van der Waals surface area (Å²) in [5.74, 6) is -0.856. The van der Waals surface area contributed by atoms with E-state index in [1.165, 1.54) is 11.6 Å². The van der Waals surface area contributed by atoms with Gasteiger partial charge in [0, 0.05) is 6.08 Å². The Kier molecular flexibility index (Phi) is 5.09. The maximum Gasteiger partial charge on any atom is 0.328 e. The van der Waals surface area contributed by atoms with Gasteiger partial charge in [0.2, 0.25) is 0 Å². The molecule has 0 unspecified atom stereocenters. The molecule has 68 valence electrons. The van der Waals surface area contributed by atoms with Crippen LogP contribution in [0.2, 0.25) is 0 Å². The number of aliphatic carboxylic acids is 1. The largest absolute Gasteiger partial charge is 0.478 e. The molecule has 0 bridgehead atoms. The predicted molar refractivity (Wildman–Crippen MR) is 50.1 cm³/mol. The molecule has 0 aliphatic carbocycles. The van der Waals surface area contributed by atoms with Crippen LogP contribution < -0.4 is 0 Å². The molecule has 0 saturated carbocycles. The van der Waals surface area contributed by atoms with Crippen LogP contribution in [-0.4, -0.2) is 11.1 Å². The molecule has 0 aromatic carbocycles. The SMILES string of the molecule is C/C=C(\C)CC/C(C)=C\C(=O)O. The second-order valence-electron chi connectivity index (χ2n) is 2.96. The lowest BCUT2D eigenvalue weighted by atomic mass is 10.1. The lowest BCUT2D eigenvalue weighted by Gasteiger charge is -1.99. The first kappa shape index (κ1) is 11.0. The van der Waals surface area contributed by atoms with Gasteiger partial charge >= 0.3 is 5.97 Å². The summed E-state index contributed by atoms with van der Waals surface area (Å²) in [5, 5.41) is 8.42. The topological polar surface area (TPSA) is 37.3 Å². The first-order valence-corrected chi connectivity index (χ1v) is 4.08. The van der Waals surface area contributed by atoms with Gasteiger partial charge in [0.05, 0.1) is 0 Å². The van der Waals surface area contributed by atoms with E-state index in [0.717, 1.165) is 18.4 Å². The standard InChI is InChI=1S/C10H16O2/c1-4-8(2)5-6-9(3)7-10(11)12/h4,7H,5-6H2,1-3H3,(H,11,12)/b8-4+,9-7-. The van der Waals surface area contributed by atoms with Crippen molar-refractivity contribution in [3.05, 3.63) is 23.3 Å². The predicted octanol–water partition coefficient (Wildman–Crippen LogP) is 2.76. The Hall–Kier alpha value is -1.05. The summed E-state index contributed by atoms with van der Waals surface area (Å²) in [6, 6.07) is 0. The van der Waals surface area contributed by atoms with E-state index in [4.69, 9.17) is 5.11 Å². The zero-order chi connectivity index (χ0) is 9.56. The molecule has 0 rings (SSSR count). The van der Waals surface area contributed by atoms with Crippen LogP contribution in [0.1, 0.15) is 33.6 Å². The molecule has 0 aromatic rings. The smallest absolute Gasteiger partial charge is 0.328 e. The molecule has 0 aliphatic rings. The maximum atomic E-state index is 10.2. The van der Waals surface area contributed by atoms with Crippen LogP contribution in [0.5, 0.6) is 0 Å². The zero-order valence-electron chi connectivity index (χ0n) is 7.92. The van der Waals surface area contributed by atoms with Crippen LogP contribution >= 0.6 is 0 Å². The van der Waals surface area contributed by atoms with Crippen molar-refractivity contribution >= 4 is 5.97 Å². The molecule has 0 atom stereocenters. The van der Waals surface area contributed by atoms with E-state index in [-0.39, 0.29) is 0 Å². The number of hydrogen-bond donors (Lipinski definition) is 1. The molecule has 0 aromatic heterocycles. The van der Waals surface area contributed by atoms with E-state index in [1.54, 1.807) is 0 Å². The number of carboxylic acids is 1. The van der Waals surface area contributed by atoms with Gasteiger partial charge in [0.25, 0.3) is 0 Å². The molecule has 0 radical (unpaired) electrons. The normalized spacial score (nSPS) is 13.2. The molecule has 0 amide bonds. The monoisotopic (exact) mass is 168 g/mol. The van der Waals surface area contributed by atoms with Crippen molar-refractivity contribution in [2.24, 2.45) is 0 Å². The third kappa shape index (κ3) is 5.71. The Morgan fingerprint density at radius 3 is 2.17 bits per heavy atom. The Balaban J connectivity index is 3.87. The fourth-order valence-electron chi connectivity index (χ4n) is 0.822. The molecule has 12 heavy (non-hydrogen) atoms. The molecule has 0 saturated heterocycles. The van der Waals surface area contributed by atoms with Crippen LogP contribution in [0.25, 0.3) is 0 Å². The van der Waals surface area contributed by atoms with Crippen molar-refractivity contribution in [1.82, 2.24) is 0 Å². The first-order valence-electron chi connectivity index (χ1n) is 4.08. The van der Waals surface area contributed by atoms with Gasteiger partial charge in [-0.3, -0.25) is 0 Å². The highest BCUT2D eigenvalue weighted by molar-refractivity contribution is 5.80. The van der Waals surface area contributed by atoms with Gasteiger partial charge in [-0.15, -0.1) is 0 Å². The van der Waals surface area contributed by atoms with Gasteiger partial charge in [-0.05, 0) is 33.6 Å². The molecular formula is C10H16O2. The minimum atomic E-state index is -0.856. The molecule has 0 aliphatic heterocycles. The third-order valence-electron chi connectivity index (χ3n) is 1.78. The first-order chi connectivity index (χ1) is 5.56. The third-order valence-corrected chi connectivity index (χ3v) is 1.78. The van der Waals surface area contributed by atoms with Gasteiger partial charge in [-0.2, -0.15) is 0 Å². The van der Waals surface area contributed by atoms with Crippen molar-refractivity contribution in [2.45, 2.75) is 33.6 Å². The van der Waals surface area contributed by atoms with Crippen molar-refractivity contribution in [3.63, 3.8) is 0 Å². The molecule has 0 heterocycles. The molecule has 1 N–H and O–H groups in total. The van der Waals surface area contributed by atoms with Gasteiger partial charge in [-0.25, -0.2) is 4.79 Å². The van der Waals surface area contributed by atoms with Crippen molar-refractivity contribution in [3.8, 4) is 0 Å². The quantitative estimate of drug-likeness (QED) is 0.517. The molecule has 0 spiro atoms. The fraction of sp³-hybridized carbons (Fsp3) is 0.500. The average molecular weight is 168 g/mol. The fourth-order valence-corrected chi connectivity index (χ4v) is 0.822.